The maximum Gasteiger partial charge on any atom is 0.306 e. The number of likely N-dealkylation sites (tertiary alicyclic amines) is 1. The number of carboxylic acids is 1. The molecular weight excluding hydrogens is 304 g/mol. The molecule has 1 aromatic carbocycles. The first kappa shape index (κ1) is 17.0. The van der Waals surface area contributed by atoms with Gasteiger partial charge in [0.2, 0.25) is 5.91 Å². The van der Waals surface area contributed by atoms with E-state index in [1.165, 1.54) is 11.1 Å². The van der Waals surface area contributed by atoms with Crippen molar-refractivity contribution in [1.82, 2.24) is 9.80 Å². The Bertz CT molecular complexity index is 608. The molecule has 1 aliphatic heterocycles. The van der Waals surface area contributed by atoms with Crippen molar-refractivity contribution in [1.29, 1.82) is 0 Å². The molecule has 0 radical (unpaired) electrons. The number of carboxylic acid groups (broad SMARTS) is 1. The molecule has 0 saturated carbocycles. The molecule has 1 aromatic rings. The number of carbonyl (C=O) groups is 2. The number of benzene rings is 1. The Kier molecular flexibility index (Phi) is 5.19. The molecule has 2 aliphatic rings. The van der Waals surface area contributed by atoms with E-state index >= 15 is 0 Å². The Morgan fingerprint density at radius 2 is 1.92 bits per heavy atom. The Morgan fingerprint density at radius 1 is 1.21 bits per heavy atom. The van der Waals surface area contributed by atoms with Crippen LogP contribution in [-0.2, 0) is 16.0 Å². The van der Waals surface area contributed by atoms with Crippen LogP contribution in [-0.4, -0.2) is 53.5 Å². The second-order valence-corrected chi connectivity index (χ2v) is 7.00. The van der Waals surface area contributed by atoms with Gasteiger partial charge in [-0.05, 0) is 56.3 Å². The Hall–Kier alpha value is -1.88. The second-order valence-electron chi connectivity index (χ2n) is 7.00. The van der Waals surface area contributed by atoms with E-state index < -0.39 is 5.97 Å². The third-order valence-corrected chi connectivity index (χ3v) is 5.49. The van der Waals surface area contributed by atoms with Crippen molar-refractivity contribution >= 4 is 11.9 Å². The van der Waals surface area contributed by atoms with E-state index in [0.717, 1.165) is 19.3 Å². The van der Waals surface area contributed by atoms with E-state index in [1.54, 1.807) is 0 Å². The van der Waals surface area contributed by atoms with Gasteiger partial charge in [0.15, 0.2) is 0 Å². The molecule has 0 bridgehead atoms. The summed E-state index contributed by atoms with van der Waals surface area (Å²) in [5, 5.41) is 9.06. The number of aliphatic carboxylic acids is 1. The maximum absolute atomic E-state index is 12.7. The maximum atomic E-state index is 12.7. The van der Waals surface area contributed by atoms with Crippen LogP contribution in [0.25, 0.3) is 0 Å². The van der Waals surface area contributed by atoms with E-state index in [0.29, 0.717) is 32.5 Å². The van der Waals surface area contributed by atoms with Crippen LogP contribution in [0.2, 0.25) is 0 Å². The molecule has 1 N–H and O–H groups in total. The molecule has 1 amide bonds. The summed E-state index contributed by atoms with van der Waals surface area (Å²) in [6, 6.07) is 8.58. The van der Waals surface area contributed by atoms with Crippen molar-refractivity contribution in [2.75, 3.05) is 26.7 Å². The smallest absolute Gasteiger partial charge is 0.306 e. The third-order valence-electron chi connectivity index (χ3n) is 5.49. The third kappa shape index (κ3) is 3.61. The van der Waals surface area contributed by atoms with Crippen molar-refractivity contribution in [2.45, 2.75) is 38.1 Å². The lowest BCUT2D eigenvalue weighted by Gasteiger charge is -2.36. The summed E-state index contributed by atoms with van der Waals surface area (Å²) in [6.45, 7) is 1.77. The lowest BCUT2D eigenvalue weighted by Crippen LogP contribution is -2.44. The van der Waals surface area contributed by atoms with Crippen LogP contribution in [0.3, 0.4) is 0 Å². The minimum Gasteiger partial charge on any atom is -0.481 e. The topological polar surface area (TPSA) is 60.9 Å². The molecule has 1 saturated heterocycles. The zero-order valence-corrected chi connectivity index (χ0v) is 14.3. The van der Waals surface area contributed by atoms with Gasteiger partial charge in [-0.25, -0.2) is 0 Å². The average Bonchev–Trinajstić information content (AvgIpc) is 2.61. The number of nitrogens with zero attached hydrogens (tertiary/aromatic N) is 2. The normalized spacial score (nSPS) is 22.0. The number of hydrogen-bond donors (Lipinski definition) is 1. The standard InChI is InChI=1S/C19H26N2O3/c1-20(17-8-4-6-14-5-2-3-7-16(14)17)18(22)13-21-11-9-15(10-12-21)19(23)24/h2-3,5,7,15,17H,4,6,8-13H2,1H3,(H,23,24). The lowest BCUT2D eigenvalue weighted by atomic mass is 9.87. The largest absolute Gasteiger partial charge is 0.481 e. The molecule has 5 nitrogen and oxygen atoms in total. The van der Waals surface area contributed by atoms with Crippen molar-refractivity contribution in [2.24, 2.45) is 5.92 Å². The molecule has 1 unspecified atom stereocenters. The summed E-state index contributed by atoms with van der Waals surface area (Å²) in [5.74, 6) is -0.832. The van der Waals surface area contributed by atoms with Crippen molar-refractivity contribution in [3.05, 3.63) is 35.4 Å². The Labute approximate surface area is 143 Å². The van der Waals surface area contributed by atoms with Crippen LogP contribution in [0.15, 0.2) is 24.3 Å². The first-order valence-corrected chi connectivity index (χ1v) is 8.85. The average molecular weight is 330 g/mol. The summed E-state index contributed by atoms with van der Waals surface area (Å²) in [4.78, 5) is 27.7. The highest BCUT2D eigenvalue weighted by Gasteiger charge is 2.29. The minimum atomic E-state index is -0.711. The SMILES string of the molecule is CN(C(=O)CN1CCC(C(=O)O)CC1)C1CCCc2ccccc21. The zero-order valence-electron chi connectivity index (χ0n) is 14.3. The summed E-state index contributed by atoms with van der Waals surface area (Å²) in [6.07, 6.45) is 4.50. The van der Waals surface area contributed by atoms with Crippen LogP contribution in [0.5, 0.6) is 0 Å². The van der Waals surface area contributed by atoms with Gasteiger partial charge in [0.05, 0.1) is 18.5 Å². The van der Waals surface area contributed by atoms with E-state index in [2.05, 4.69) is 23.1 Å². The molecular formula is C19H26N2O3. The molecule has 5 heteroatoms. The Morgan fingerprint density at radius 3 is 2.62 bits per heavy atom. The molecule has 1 heterocycles. The van der Waals surface area contributed by atoms with Crippen LogP contribution in [0.4, 0.5) is 0 Å². The zero-order chi connectivity index (χ0) is 17.1. The number of rotatable bonds is 4. The van der Waals surface area contributed by atoms with E-state index in [-0.39, 0.29) is 17.9 Å². The van der Waals surface area contributed by atoms with Gasteiger partial charge in [0.25, 0.3) is 0 Å². The monoisotopic (exact) mass is 330 g/mol. The number of aryl methyl sites for hydroxylation is 1. The van der Waals surface area contributed by atoms with Gasteiger partial charge in [-0.1, -0.05) is 24.3 Å². The number of carbonyl (C=O) groups excluding carboxylic acids is 1. The van der Waals surface area contributed by atoms with Gasteiger partial charge in [-0.3, -0.25) is 14.5 Å². The number of fused-ring (bicyclic) bond motifs is 1. The van der Waals surface area contributed by atoms with Gasteiger partial charge in [0, 0.05) is 7.05 Å². The fraction of sp³-hybridized carbons (Fsp3) is 0.579. The van der Waals surface area contributed by atoms with Gasteiger partial charge >= 0.3 is 5.97 Å². The van der Waals surface area contributed by atoms with Crippen molar-refractivity contribution < 1.29 is 14.7 Å². The quantitative estimate of drug-likeness (QED) is 0.920. The fourth-order valence-corrected chi connectivity index (χ4v) is 3.95. The van der Waals surface area contributed by atoms with Gasteiger partial charge in [-0.15, -0.1) is 0 Å². The van der Waals surface area contributed by atoms with Crippen molar-refractivity contribution in [3.8, 4) is 0 Å². The van der Waals surface area contributed by atoms with Gasteiger partial charge < -0.3 is 10.0 Å². The van der Waals surface area contributed by atoms with Crippen LogP contribution in [0.1, 0.15) is 42.9 Å². The summed E-state index contributed by atoms with van der Waals surface area (Å²) >= 11 is 0. The minimum absolute atomic E-state index is 0.130. The van der Waals surface area contributed by atoms with Gasteiger partial charge in [-0.2, -0.15) is 0 Å². The fourth-order valence-electron chi connectivity index (χ4n) is 3.95. The second kappa shape index (κ2) is 7.34. The van der Waals surface area contributed by atoms with Crippen LogP contribution < -0.4 is 0 Å². The molecule has 1 aliphatic carbocycles. The molecule has 0 spiro atoms. The number of piperidine rings is 1. The summed E-state index contributed by atoms with van der Waals surface area (Å²) < 4.78 is 0. The number of hydrogen-bond acceptors (Lipinski definition) is 3. The highest BCUT2D eigenvalue weighted by atomic mass is 16.4. The summed E-state index contributed by atoms with van der Waals surface area (Å²) in [5.41, 5.74) is 2.64. The molecule has 0 aromatic heterocycles. The number of amides is 1. The highest BCUT2D eigenvalue weighted by Crippen LogP contribution is 2.33. The number of likely N-dealkylation sites (N-methyl/N-ethyl adjacent to an activating group) is 1. The van der Waals surface area contributed by atoms with Gasteiger partial charge in [0.1, 0.15) is 0 Å². The molecule has 130 valence electrons. The van der Waals surface area contributed by atoms with Crippen LogP contribution in [0, 0.1) is 5.92 Å². The van der Waals surface area contributed by atoms with Crippen molar-refractivity contribution in [3.63, 3.8) is 0 Å². The predicted octanol–water partition coefficient (Wildman–Crippen LogP) is 2.32. The summed E-state index contributed by atoms with van der Waals surface area (Å²) in [7, 11) is 1.90. The highest BCUT2D eigenvalue weighted by molar-refractivity contribution is 5.78. The first-order chi connectivity index (χ1) is 11.6. The predicted molar refractivity (Wildman–Crippen MR) is 91.7 cm³/mol. The first-order valence-electron chi connectivity index (χ1n) is 8.85. The van der Waals surface area contributed by atoms with E-state index in [1.807, 2.05) is 18.0 Å². The van der Waals surface area contributed by atoms with E-state index in [9.17, 15) is 9.59 Å². The van der Waals surface area contributed by atoms with Crippen LogP contribution >= 0.6 is 0 Å². The molecule has 24 heavy (non-hydrogen) atoms. The molecule has 1 atom stereocenters. The molecule has 3 rings (SSSR count). The van der Waals surface area contributed by atoms with E-state index in [4.69, 9.17) is 5.11 Å². The Balaban J connectivity index is 1.59. The molecule has 1 fully saturated rings. The lowest BCUT2D eigenvalue weighted by molar-refractivity contribution is -0.143.